The maximum atomic E-state index is 6.02. The fraction of sp³-hybridized carbons (Fsp3) is 0.214. The van der Waals surface area contributed by atoms with Crippen LogP contribution in [0.4, 0.5) is 5.95 Å². The van der Waals surface area contributed by atoms with E-state index in [1.54, 1.807) is 13.4 Å². The van der Waals surface area contributed by atoms with Crippen LogP contribution in [-0.2, 0) is 0 Å². The highest BCUT2D eigenvalue weighted by molar-refractivity contribution is 5.80. The van der Waals surface area contributed by atoms with Gasteiger partial charge in [-0.15, -0.1) is 0 Å². The summed E-state index contributed by atoms with van der Waals surface area (Å²) >= 11 is 0. The molecule has 0 bridgehead atoms. The topological polar surface area (TPSA) is 66.2 Å². The molecule has 0 aliphatic heterocycles. The summed E-state index contributed by atoms with van der Waals surface area (Å²) < 4.78 is 12.6. The summed E-state index contributed by atoms with van der Waals surface area (Å²) in [5, 5.41) is 0. The van der Waals surface area contributed by atoms with E-state index in [9.17, 15) is 0 Å². The molecule has 2 N–H and O–H groups in total. The number of ether oxygens (including phenoxy) is 1. The molecule has 0 radical (unpaired) electrons. The molecule has 0 saturated carbocycles. The Morgan fingerprint density at radius 1 is 1.37 bits per heavy atom. The number of nitrogens with two attached hydrogens (primary N) is 1. The largest absolute Gasteiger partial charge is 0.497 e. The van der Waals surface area contributed by atoms with E-state index in [-0.39, 0.29) is 6.04 Å². The number of fused-ring (bicyclic) bond motifs is 1. The lowest BCUT2D eigenvalue weighted by Gasteiger charge is -2.13. The van der Waals surface area contributed by atoms with Crippen molar-refractivity contribution in [2.24, 2.45) is 0 Å². The fourth-order valence-corrected chi connectivity index (χ4v) is 2.28. The Kier molecular flexibility index (Phi) is 2.67. The molecule has 19 heavy (non-hydrogen) atoms. The van der Waals surface area contributed by atoms with Crippen molar-refractivity contribution >= 4 is 17.0 Å². The van der Waals surface area contributed by atoms with Crippen molar-refractivity contribution < 1.29 is 9.15 Å². The normalized spacial score (nSPS) is 12.7. The van der Waals surface area contributed by atoms with Gasteiger partial charge in [-0.05, 0) is 31.2 Å². The lowest BCUT2D eigenvalue weighted by Crippen LogP contribution is -2.09. The molecule has 3 rings (SSSR count). The zero-order valence-corrected chi connectivity index (χ0v) is 10.8. The minimum atomic E-state index is -0.0212. The van der Waals surface area contributed by atoms with Gasteiger partial charge in [0.15, 0.2) is 0 Å². The zero-order chi connectivity index (χ0) is 13.4. The quantitative estimate of drug-likeness (QED) is 0.783. The first-order valence-electron chi connectivity index (χ1n) is 6.05. The highest BCUT2D eigenvalue weighted by Crippen LogP contribution is 2.29. The fourth-order valence-electron chi connectivity index (χ4n) is 2.28. The van der Waals surface area contributed by atoms with Gasteiger partial charge in [-0.2, -0.15) is 0 Å². The Hall–Kier alpha value is -2.43. The van der Waals surface area contributed by atoms with Crippen molar-refractivity contribution in [2.45, 2.75) is 13.0 Å². The van der Waals surface area contributed by atoms with E-state index >= 15 is 0 Å². The number of aromatic nitrogens is 2. The van der Waals surface area contributed by atoms with Crippen LogP contribution in [-0.4, -0.2) is 16.7 Å². The molecule has 1 aromatic carbocycles. The van der Waals surface area contributed by atoms with Gasteiger partial charge >= 0.3 is 0 Å². The average molecular weight is 257 g/mol. The number of imidazole rings is 1. The number of benzene rings is 1. The van der Waals surface area contributed by atoms with Crippen molar-refractivity contribution in [1.82, 2.24) is 9.55 Å². The molecule has 1 unspecified atom stereocenters. The van der Waals surface area contributed by atoms with Crippen LogP contribution < -0.4 is 10.5 Å². The van der Waals surface area contributed by atoms with Gasteiger partial charge in [0, 0.05) is 6.07 Å². The molecule has 2 aromatic heterocycles. The summed E-state index contributed by atoms with van der Waals surface area (Å²) in [6.07, 6.45) is 1.65. The molecule has 5 heteroatoms. The second kappa shape index (κ2) is 4.35. The molecule has 0 fully saturated rings. The molecule has 1 atom stereocenters. The first-order valence-corrected chi connectivity index (χ1v) is 6.05. The smallest absolute Gasteiger partial charge is 0.201 e. The lowest BCUT2D eigenvalue weighted by molar-refractivity contribution is 0.414. The third-order valence-corrected chi connectivity index (χ3v) is 3.27. The third-order valence-electron chi connectivity index (χ3n) is 3.27. The van der Waals surface area contributed by atoms with Crippen molar-refractivity contribution in [3.05, 3.63) is 42.4 Å². The van der Waals surface area contributed by atoms with Crippen LogP contribution in [0.25, 0.3) is 11.0 Å². The van der Waals surface area contributed by atoms with E-state index in [1.807, 2.05) is 41.8 Å². The Morgan fingerprint density at radius 3 is 2.89 bits per heavy atom. The lowest BCUT2D eigenvalue weighted by atomic mass is 10.2. The van der Waals surface area contributed by atoms with Crippen LogP contribution in [0.5, 0.6) is 5.75 Å². The Morgan fingerprint density at radius 2 is 2.21 bits per heavy atom. The summed E-state index contributed by atoms with van der Waals surface area (Å²) in [5.41, 5.74) is 7.80. The van der Waals surface area contributed by atoms with Crippen LogP contribution in [0.2, 0.25) is 0 Å². The molecule has 5 nitrogen and oxygen atoms in total. The zero-order valence-electron chi connectivity index (χ0n) is 10.8. The highest BCUT2D eigenvalue weighted by atomic mass is 16.5. The molecular weight excluding hydrogens is 242 g/mol. The molecule has 0 amide bonds. The van der Waals surface area contributed by atoms with E-state index in [0.717, 1.165) is 22.5 Å². The van der Waals surface area contributed by atoms with Gasteiger partial charge in [0.1, 0.15) is 11.5 Å². The van der Waals surface area contributed by atoms with Crippen molar-refractivity contribution in [3.8, 4) is 5.75 Å². The van der Waals surface area contributed by atoms with Gasteiger partial charge in [-0.1, -0.05) is 0 Å². The minimum Gasteiger partial charge on any atom is -0.497 e. The molecule has 3 aromatic rings. The molecule has 98 valence electrons. The minimum absolute atomic E-state index is 0.0212. The third kappa shape index (κ3) is 1.83. The van der Waals surface area contributed by atoms with Crippen LogP contribution in [0, 0.1) is 0 Å². The molecule has 0 aliphatic rings. The van der Waals surface area contributed by atoms with Crippen LogP contribution in [0.3, 0.4) is 0 Å². The Balaban J connectivity index is 2.19. The van der Waals surface area contributed by atoms with Gasteiger partial charge in [-0.3, -0.25) is 4.57 Å². The number of hydrogen-bond acceptors (Lipinski definition) is 4. The maximum absolute atomic E-state index is 6.02. The van der Waals surface area contributed by atoms with Gasteiger partial charge in [0.25, 0.3) is 0 Å². The predicted molar refractivity (Wildman–Crippen MR) is 73.2 cm³/mol. The molecule has 0 aliphatic carbocycles. The first-order chi connectivity index (χ1) is 9.20. The number of methoxy groups -OCH3 is 1. The number of nitrogen functional groups attached to an aromatic ring is 1. The Labute approximate surface area is 110 Å². The number of hydrogen-bond donors (Lipinski definition) is 1. The van der Waals surface area contributed by atoms with E-state index in [4.69, 9.17) is 14.9 Å². The van der Waals surface area contributed by atoms with Crippen molar-refractivity contribution in [2.75, 3.05) is 12.8 Å². The predicted octanol–water partition coefficient (Wildman–Crippen LogP) is 2.83. The van der Waals surface area contributed by atoms with Crippen molar-refractivity contribution in [1.29, 1.82) is 0 Å². The van der Waals surface area contributed by atoms with E-state index < -0.39 is 0 Å². The second-order valence-electron chi connectivity index (χ2n) is 4.39. The van der Waals surface area contributed by atoms with Crippen molar-refractivity contribution in [3.63, 3.8) is 0 Å². The summed E-state index contributed by atoms with van der Waals surface area (Å²) in [5.74, 6) is 2.08. The van der Waals surface area contributed by atoms with Crippen LogP contribution >= 0.6 is 0 Å². The first kappa shape index (κ1) is 11.6. The molecular formula is C14H15N3O2. The van der Waals surface area contributed by atoms with Gasteiger partial charge in [0.2, 0.25) is 5.95 Å². The summed E-state index contributed by atoms with van der Waals surface area (Å²) in [6, 6.07) is 9.47. The summed E-state index contributed by atoms with van der Waals surface area (Å²) in [6.45, 7) is 2.02. The number of nitrogens with zero attached hydrogens (tertiary/aromatic N) is 2. The molecule has 0 spiro atoms. The average Bonchev–Trinajstić information content (AvgIpc) is 3.03. The summed E-state index contributed by atoms with van der Waals surface area (Å²) in [4.78, 5) is 4.36. The second-order valence-corrected chi connectivity index (χ2v) is 4.39. The standard InChI is InChI=1S/C14H15N3O2/c1-9(13-4-3-7-19-13)17-12-8-10(18-2)5-6-11(12)16-14(17)15/h3-9H,1-2H3,(H2,15,16). The number of furan rings is 1. The van der Waals surface area contributed by atoms with E-state index in [0.29, 0.717) is 5.95 Å². The van der Waals surface area contributed by atoms with E-state index in [1.165, 1.54) is 0 Å². The van der Waals surface area contributed by atoms with Crippen LogP contribution in [0.15, 0.2) is 41.0 Å². The van der Waals surface area contributed by atoms with Crippen LogP contribution in [0.1, 0.15) is 18.7 Å². The maximum Gasteiger partial charge on any atom is 0.201 e. The summed E-state index contributed by atoms with van der Waals surface area (Å²) in [7, 11) is 1.64. The monoisotopic (exact) mass is 257 g/mol. The van der Waals surface area contributed by atoms with Gasteiger partial charge < -0.3 is 14.9 Å². The highest BCUT2D eigenvalue weighted by Gasteiger charge is 2.17. The number of anilines is 1. The Bertz CT molecular complexity index is 701. The van der Waals surface area contributed by atoms with Gasteiger partial charge in [-0.25, -0.2) is 4.98 Å². The SMILES string of the molecule is COc1ccc2nc(N)n(C(C)c3ccco3)c2c1. The molecule has 2 heterocycles. The molecule has 0 saturated heterocycles. The van der Waals surface area contributed by atoms with E-state index in [2.05, 4.69) is 4.98 Å². The number of rotatable bonds is 3. The van der Waals surface area contributed by atoms with Gasteiger partial charge in [0.05, 0.1) is 30.4 Å².